The van der Waals surface area contributed by atoms with Gasteiger partial charge in [0.05, 0.1) is 26.6 Å². The average Bonchev–Trinajstić information content (AvgIpc) is 2.61. The Morgan fingerprint density at radius 3 is 2.24 bits per heavy atom. The van der Waals surface area contributed by atoms with Crippen LogP contribution in [0.3, 0.4) is 0 Å². The van der Waals surface area contributed by atoms with E-state index >= 15 is 0 Å². The number of carboxylic acid groups (broad SMARTS) is 1. The number of ether oxygens (including phenoxy) is 2. The van der Waals surface area contributed by atoms with E-state index in [0.717, 1.165) is 5.56 Å². The van der Waals surface area contributed by atoms with Crippen LogP contribution in [0.15, 0.2) is 42.5 Å². The number of methoxy groups -OCH3 is 2. The van der Waals surface area contributed by atoms with Gasteiger partial charge in [-0.2, -0.15) is 0 Å². The Balaban J connectivity index is 2.01. The van der Waals surface area contributed by atoms with E-state index in [1.807, 2.05) is 0 Å². The van der Waals surface area contributed by atoms with Gasteiger partial charge in [0.25, 0.3) is 0 Å². The number of amides is 1. The Bertz CT molecular complexity index is 755. The molecule has 132 valence electrons. The maximum absolute atomic E-state index is 12.2. The quantitative estimate of drug-likeness (QED) is 0.807. The Hall–Kier alpha value is -3.02. The van der Waals surface area contributed by atoms with E-state index in [0.29, 0.717) is 22.7 Å². The Kier molecular flexibility index (Phi) is 6.00. The molecule has 25 heavy (non-hydrogen) atoms. The van der Waals surface area contributed by atoms with Gasteiger partial charge in [-0.3, -0.25) is 9.59 Å². The third-order valence-corrected chi connectivity index (χ3v) is 3.88. The SMILES string of the molecule is COc1ccc(CC(=O)Nc2ccc(C(C)C(=O)O)cc2)cc1OC. The van der Waals surface area contributed by atoms with Crippen LogP contribution in [0.25, 0.3) is 0 Å². The summed E-state index contributed by atoms with van der Waals surface area (Å²) >= 11 is 0. The Morgan fingerprint density at radius 1 is 1.04 bits per heavy atom. The maximum atomic E-state index is 12.2. The van der Waals surface area contributed by atoms with Gasteiger partial charge in [-0.05, 0) is 42.3 Å². The summed E-state index contributed by atoms with van der Waals surface area (Å²) in [5.41, 5.74) is 2.10. The van der Waals surface area contributed by atoms with Crippen molar-refractivity contribution in [2.45, 2.75) is 19.3 Å². The largest absolute Gasteiger partial charge is 0.493 e. The minimum Gasteiger partial charge on any atom is -0.493 e. The van der Waals surface area contributed by atoms with E-state index in [4.69, 9.17) is 14.6 Å². The molecule has 0 bridgehead atoms. The minimum absolute atomic E-state index is 0.175. The number of anilines is 1. The molecule has 0 saturated carbocycles. The standard InChI is InChI=1S/C19H21NO5/c1-12(19(22)23)14-5-7-15(8-6-14)20-18(21)11-13-4-9-16(24-2)17(10-13)25-3/h4-10,12H,11H2,1-3H3,(H,20,21)(H,22,23). The Morgan fingerprint density at radius 2 is 1.68 bits per heavy atom. The van der Waals surface area contributed by atoms with Crippen molar-refractivity contribution >= 4 is 17.6 Å². The van der Waals surface area contributed by atoms with Crippen molar-refractivity contribution in [3.05, 3.63) is 53.6 Å². The molecule has 0 fully saturated rings. The molecule has 0 aliphatic rings. The van der Waals surface area contributed by atoms with Crippen LogP contribution in [-0.4, -0.2) is 31.2 Å². The molecular formula is C19H21NO5. The molecule has 0 aliphatic heterocycles. The molecule has 1 unspecified atom stereocenters. The summed E-state index contributed by atoms with van der Waals surface area (Å²) < 4.78 is 10.4. The van der Waals surface area contributed by atoms with Crippen LogP contribution in [0.2, 0.25) is 0 Å². The van der Waals surface area contributed by atoms with Crippen LogP contribution >= 0.6 is 0 Å². The zero-order valence-electron chi connectivity index (χ0n) is 14.4. The second-order valence-electron chi connectivity index (χ2n) is 5.60. The molecule has 0 aromatic heterocycles. The number of rotatable bonds is 7. The van der Waals surface area contributed by atoms with Gasteiger partial charge >= 0.3 is 5.97 Å². The average molecular weight is 343 g/mol. The summed E-state index contributed by atoms with van der Waals surface area (Å²) in [4.78, 5) is 23.2. The highest BCUT2D eigenvalue weighted by Gasteiger charge is 2.13. The fourth-order valence-electron chi connectivity index (χ4n) is 2.38. The first-order valence-corrected chi connectivity index (χ1v) is 7.78. The third kappa shape index (κ3) is 4.73. The fourth-order valence-corrected chi connectivity index (χ4v) is 2.38. The second kappa shape index (κ2) is 8.19. The van der Waals surface area contributed by atoms with Crippen LogP contribution in [0.4, 0.5) is 5.69 Å². The fraction of sp³-hybridized carbons (Fsp3) is 0.263. The van der Waals surface area contributed by atoms with Crippen molar-refractivity contribution in [3.8, 4) is 11.5 Å². The lowest BCUT2D eigenvalue weighted by atomic mass is 10.0. The normalized spacial score (nSPS) is 11.5. The van der Waals surface area contributed by atoms with Crippen LogP contribution < -0.4 is 14.8 Å². The van der Waals surface area contributed by atoms with Crippen LogP contribution in [0, 0.1) is 0 Å². The van der Waals surface area contributed by atoms with Crippen LogP contribution in [0.1, 0.15) is 24.0 Å². The highest BCUT2D eigenvalue weighted by molar-refractivity contribution is 5.92. The maximum Gasteiger partial charge on any atom is 0.310 e. The molecule has 6 nitrogen and oxygen atoms in total. The first-order chi connectivity index (χ1) is 11.9. The molecule has 0 radical (unpaired) electrons. The number of hydrogen-bond donors (Lipinski definition) is 2. The topological polar surface area (TPSA) is 84.9 Å². The van der Waals surface area contributed by atoms with Gasteiger partial charge in [-0.25, -0.2) is 0 Å². The molecule has 0 spiro atoms. The van der Waals surface area contributed by atoms with E-state index in [9.17, 15) is 9.59 Å². The summed E-state index contributed by atoms with van der Waals surface area (Å²) in [5, 5.41) is 11.8. The van der Waals surface area contributed by atoms with Crippen molar-refractivity contribution < 1.29 is 24.2 Å². The van der Waals surface area contributed by atoms with Gasteiger partial charge in [-0.1, -0.05) is 18.2 Å². The van der Waals surface area contributed by atoms with Crippen molar-refractivity contribution in [3.63, 3.8) is 0 Å². The molecular weight excluding hydrogens is 322 g/mol. The summed E-state index contributed by atoms with van der Waals surface area (Å²) in [5.74, 6) is -0.470. The van der Waals surface area contributed by atoms with Crippen LogP contribution in [-0.2, 0) is 16.0 Å². The predicted octanol–water partition coefficient (Wildman–Crippen LogP) is 3.07. The van der Waals surface area contributed by atoms with Crippen molar-refractivity contribution in [1.82, 2.24) is 0 Å². The number of carbonyl (C=O) groups is 2. The van der Waals surface area contributed by atoms with Gasteiger partial charge < -0.3 is 19.9 Å². The number of benzene rings is 2. The van der Waals surface area contributed by atoms with Gasteiger partial charge in [0.2, 0.25) is 5.91 Å². The molecule has 0 saturated heterocycles. The molecule has 2 aromatic carbocycles. The Labute approximate surface area is 146 Å². The number of carbonyl (C=O) groups excluding carboxylic acids is 1. The first-order valence-electron chi connectivity index (χ1n) is 7.78. The lowest BCUT2D eigenvalue weighted by Gasteiger charge is -2.11. The van der Waals surface area contributed by atoms with E-state index in [1.165, 1.54) is 0 Å². The highest BCUT2D eigenvalue weighted by atomic mass is 16.5. The number of carboxylic acids is 1. The van der Waals surface area contributed by atoms with E-state index in [1.54, 1.807) is 63.6 Å². The number of aliphatic carboxylic acids is 1. The molecule has 2 N–H and O–H groups in total. The van der Waals surface area contributed by atoms with Gasteiger partial charge in [0, 0.05) is 5.69 Å². The third-order valence-electron chi connectivity index (χ3n) is 3.88. The molecule has 2 rings (SSSR count). The molecule has 6 heteroatoms. The minimum atomic E-state index is -0.884. The monoisotopic (exact) mass is 343 g/mol. The molecule has 0 aliphatic carbocycles. The summed E-state index contributed by atoms with van der Waals surface area (Å²) in [6.45, 7) is 1.62. The van der Waals surface area contributed by atoms with E-state index in [2.05, 4.69) is 5.32 Å². The molecule has 0 heterocycles. The predicted molar refractivity (Wildman–Crippen MR) is 94.4 cm³/mol. The first kappa shape index (κ1) is 18.3. The molecule has 2 aromatic rings. The van der Waals surface area contributed by atoms with Crippen molar-refractivity contribution in [2.24, 2.45) is 0 Å². The number of nitrogens with one attached hydrogen (secondary N) is 1. The molecule has 1 amide bonds. The lowest BCUT2D eigenvalue weighted by molar-refractivity contribution is -0.138. The lowest BCUT2D eigenvalue weighted by Crippen LogP contribution is -2.14. The smallest absolute Gasteiger partial charge is 0.310 e. The van der Waals surface area contributed by atoms with Gasteiger partial charge in [0.1, 0.15) is 0 Å². The van der Waals surface area contributed by atoms with E-state index in [-0.39, 0.29) is 12.3 Å². The van der Waals surface area contributed by atoms with Crippen molar-refractivity contribution in [1.29, 1.82) is 0 Å². The number of hydrogen-bond acceptors (Lipinski definition) is 4. The second-order valence-corrected chi connectivity index (χ2v) is 5.60. The summed E-state index contributed by atoms with van der Waals surface area (Å²) in [6, 6.07) is 12.1. The zero-order chi connectivity index (χ0) is 18.4. The summed E-state index contributed by atoms with van der Waals surface area (Å²) in [6.07, 6.45) is 0.188. The summed E-state index contributed by atoms with van der Waals surface area (Å²) in [7, 11) is 3.10. The van der Waals surface area contributed by atoms with Crippen molar-refractivity contribution in [2.75, 3.05) is 19.5 Å². The highest BCUT2D eigenvalue weighted by Crippen LogP contribution is 2.27. The van der Waals surface area contributed by atoms with Gasteiger partial charge in [0.15, 0.2) is 11.5 Å². The van der Waals surface area contributed by atoms with Gasteiger partial charge in [-0.15, -0.1) is 0 Å². The zero-order valence-corrected chi connectivity index (χ0v) is 14.4. The van der Waals surface area contributed by atoms with Crippen LogP contribution in [0.5, 0.6) is 11.5 Å². The molecule has 1 atom stereocenters. The van der Waals surface area contributed by atoms with E-state index < -0.39 is 11.9 Å².